The highest BCUT2D eigenvalue weighted by Gasteiger charge is 2.29. The van der Waals surface area contributed by atoms with Gasteiger partial charge in [0.1, 0.15) is 0 Å². The molecule has 1 aromatic rings. The van der Waals surface area contributed by atoms with E-state index >= 15 is 0 Å². The van der Waals surface area contributed by atoms with Crippen molar-refractivity contribution >= 4 is 17.2 Å². The van der Waals surface area contributed by atoms with Gasteiger partial charge in [-0.25, -0.2) is 0 Å². The summed E-state index contributed by atoms with van der Waals surface area (Å²) >= 11 is 1.52. The second-order valence-corrected chi connectivity index (χ2v) is 6.67. The van der Waals surface area contributed by atoms with E-state index in [4.69, 9.17) is 0 Å². The number of nitrogens with zero attached hydrogens (tertiary/aromatic N) is 1. The zero-order chi connectivity index (χ0) is 13.1. The molecule has 19 heavy (non-hydrogen) atoms. The number of thiophene rings is 1. The molecule has 0 radical (unpaired) electrons. The number of nitrogens with one attached hydrogen (secondary N) is 1. The fraction of sp³-hybridized carbons (Fsp3) is 0.667. The number of rotatable bonds is 3. The predicted molar refractivity (Wildman–Crippen MR) is 78.6 cm³/mol. The summed E-state index contributed by atoms with van der Waals surface area (Å²) in [5.74, 6) is 0.102. The minimum absolute atomic E-state index is 0.102. The van der Waals surface area contributed by atoms with E-state index in [1.165, 1.54) is 43.4 Å². The highest BCUT2D eigenvalue weighted by atomic mass is 32.1. The van der Waals surface area contributed by atoms with E-state index in [0.29, 0.717) is 6.04 Å². The van der Waals surface area contributed by atoms with Crippen LogP contribution < -0.4 is 5.32 Å². The summed E-state index contributed by atoms with van der Waals surface area (Å²) in [4.78, 5) is 15.5. The summed E-state index contributed by atoms with van der Waals surface area (Å²) in [5, 5.41) is 5.14. The summed E-state index contributed by atoms with van der Waals surface area (Å²) in [6.45, 7) is 2.20. The van der Waals surface area contributed by atoms with Crippen molar-refractivity contribution in [2.75, 3.05) is 13.1 Å². The van der Waals surface area contributed by atoms with Crippen LogP contribution >= 0.6 is 11.3 Å². The van der Waals surface area contributed by atoms with Crippen LogP contribution in [0.2, 0.25) is 0 Å². The van der Waals surface area contributed by atoms with Crippen molar-refractivity contribution in [3.05, 3.63) is 22.4 Å². The zero-order valence-corrected chi connectivity index (χ0v) is 12.1. The summed E-state index contributed by atoms with van der Waals surface area (Å²) in [6, 6.07) is 4.95. The van der Waals surface area contributed by atoms with Crippen molar-refractivity contribution < 1.29 is 4.79 Å². The van der Waals surface area contributed by atoms with Crippen LogP contribution in [0.4, 0.5) is 0 Å². The van der Waals surface area contributed by atoms with E-state index < -0.39 is 0 Å². The lowest BCUT2D eigenvalue weighted by Gasteiger charge is -2.31. The average Bonchev–Trinajstić information content (AvgIpc) is 3.11. The number of hydrogen-bond acceptors (Lipinski definition) is 3. The van der Waals surface area contributed by atoms with Crippen molar-refractivity contribution in [3.8, 4) is 0 Å². The molecule has 2 aliphatic rings. The van der Waals surface area contributed by atoms with Crippen LogP contribution in [0, 0.1) is 0 Å². The second kappa shape index (κ2) is 6.06. The van der Waals surface area contributed by atoms with E-state index in [9.17, 15) is 4.79 Å². The Morgan fingerprint density at radius 3 is 2.84 bits per heavy atom. The molecule has 1 saturated heterocycles. The summed E-state index contributed by atoms with van der Waals surface area (Å²) in [5.41, 5.74) is 0. The van der Waals surface area contributed by atoms with Gasteiger partial charge in [-0.2, -0.15) is 0 Å². The van der Waals surface area contributed by atoms with Gasteiger partial charge in [0.2, 0.25) is 0 Å². The first kappa shape index (κ1) is 13.1. The van der Waals surface area contributed by atoms with Gasteiger partial charge in [-0.3, -0.25) is 9.69 Å². The van der Waals surface area contributed by atoms with E-state index in [1.807, 2.05) is 17.5 Å². The molecule has 1 atom stereocenters. The standard InChI is InChI=1S/C15H22N2OS/c18-15(14-7-4-10-19-14)16-12-8-9-17(11-12)13-5-2-1-3-6-13/h4,7,10,12-13H,1-3,5-6,8-9,11H2,(H,16,18). The third-order valence-corrected chi connectivity index (χ3v) is 5.26. The van der Waals surface area contributed by atoms with Crippen molar-refractivity contribution in [2.45, 2.75) is 50.6 Å². The SMILES string of the molecule is O=C(NC1CCN(C2CCCCC2)C1)c1cccs1. The lowest BCUT2D eigenvalue weighted by molar-refractivity contribution is 0.0939. The van der Waals surface area contributed by atoms with Crippen LogP contribution in [0.15, 0.2) is 17.5 Å². The zero-order valence-electron chi connectivity index (χ0n) is 11.3. The predicted octanol–water partition coefficient (Wildman–Crippen LogP) is 2.88. The quantitative estimate of drug-likeness (QED) is 0.922. The summed E-state index contributed by atoms with van der Waals surface area (Å²) in [6.07, 6.45) is 7.98. The molecule has 104 valence electrons. The molecule has 1 aromatic heterocycles. The lowest BCUT2D eigenvalue weighted by Crippen LogP contribution is -2.40. The highest BCUT2D eigenvalue weighted by molar-refractivity contribution is 7.12. The van der Waals surface area contributed by atoms with E-state index in [2.05, 4.69) is 10.2 Å². The molecular formula is C15H22N2OS. The van der Waals surface area contributed by atoms with Crippen LogP contribution in [-0.4, -0.2) is 36.0 Å². The molecular weight excluding hydrogens is 256 g/mol. The molecule has 1 aliphatic carbocycles. The molecule has 0 aromatic carbocycles. The van der Waals surface area contributed by atoms with E-state index in [0.717, 1.165) is 30.4 Å². The summed E-state index contributed by atoms with van der Waals surface area (Å²) in [7, 11) is 0. The van der Waals surface area contributed by atoms with Gasteiger partial charge in [0.15, 0.2) is 0 Å². The Balaban J connectivity index is 1.50. The Morgan fingerprint density at radius 1 is 1.26 bits per heavy atom. The topological polar surface area (TPSA) is 32.3 Å². The van der Waals surface area contributed by atoms with Gasteiger partial charge < -0.3 is 5.32 Å². The number of carbonyl (C=O) groups excluding carboxylic acids is 1. The molecule has 0 spiro atoms. The molecule has 1 saturated carbocycles. The minimum atomic E-state index is 0.102. The smallest absolute Gasteiger partial charge is 0.261 e. The molecule has 3 nitrogen and oxygen atoms in total. The Bertz CT molecular complexity index is 412. The van der Waals surface area contributed by atoms with Gasteiger partial charge in [0, 0.05) is 25.2 Å². The van der Waals surface area contributed by atoms with Crippen LogP contribution in [0.1, 0.15) is 48.2 Å². The fourth-order valence-corrected chi connectivity index (χ4v) is 3.97. The van der Waals surface area contributed by atoms with Crippen LogP contribution in [0.25, 0.3) is 0 Å². The van der Waals surface area contributed by atoms with Gasteiger partial charge in [-0.1, -0.05) is 25.3 Å². The van der Waals surface area contributed by atoms with E-state index in [-0.39, 0.29) is 5.91 Å². The Labute approximate surface area is 119 Å². The first-order chi connectivity index (χ1) is 9.33. The Morgan fingerprint density at radius 2 is 2.11 bits per heavy atom. The number of amides is 1. The largest absolute Gasteiger partial charge is 0.347 e. The van der Waals surface area contributed by atoms with Crippen LogP contribution in [0.3, 0.4) is 0 Å². The molecule has 1 amide bonds. The van der Waals surface area contributed by atoms with E-state index in [1.54, 1.807) is 0 Å². The Hall–Kier alpha value is -0.870. The fourth-order valence-electron chi connectivity index (χ4n) is 3.35. The monoisotopic (exact) mass is 278 g/mol. The normalized spacial score (nSPS) is 25.6. The molecule has 1 unspecified atom stereocenters. The first-order valence-electron chi connectivity index (χ1n) is 7.41. The number of likely N-dealkylation sites (tertiary alicyclic amines) is 1. The third kappa shape index (κ3) is 3.18. The molecule has 1 N–H and O–H groups in total. The molecule has 2 heterocycles. The Kier molecular flexibility index (Phi) is 4.18. The summed E-state index contributed by atoms with van der Waals surface area (Å²) < 4.78 is 0. The maximum Gasteiger partial charge on any atom is 0.261 e. The van der Waals surface area contributed by atoms with Crippen LogP contribution in [-0.2, 0) is 0 Å². The van der Waals surface area contributed by atoms with Gasteiger partial charge in [0.05, 0.1) is 4.88 Å². The molecule has 1 aliphatic heterocycles. The van der Waals surface area contributed by atoms with Gasteiger partial charge >= 0.3 is 0 Å². The van der Waals surface area contributed by atoms with Gasteiger partial charge in [-0.15, -0.1) is 11.3 Å². The average molecular weight is 278 g/mol. The highest BCUT2D eigenvalue weighted by Crippen LogP contribution is 2.25. The number of carbonyl (C=O) groups is 1. The van der Waals surface area contributed by atoms with Crippen LogP contribution in [0.5, 0.6) is 0 Å². The minimum Gasteiger partial charge on any atom is -0.347 e. The maximum absolute atomic E-state index is 12.0. The molecule has 2 fully saturated rings. The van der Waals surface area contributed by atoms with Crippen molar-refractivity contribution in [2.24, 2.45) is 0 Å². The molecule has 4 heteroatoms. The second-order valence-electron chi connectivity index (χ2n) is 5.72. The first-order valence-corrected chi connectivity index (χ1v) is 8.29. The van der Waals surface area contributed by atoms with Crippen molar-refractivity contribution in [1.82, 2.24) is 10.2 Å². The van der Waals surface area contributed by atoms with Crippen molar-refractivity contribution in [3.63, 3.8) is 0 Å². The molecule has 3 rings (SSSR count). The molecule has 0 bridgehead atoms. The van der Waals surface area contributed by atoms with Gasteiger partial charge in [-0.05, 0) is 30.7 Å². The van der Waals surface area contributed by atoms with Crippen molar-refractivity contribution in [1.29, 1.82) is 0 Å². The number of hydrogen-bond donors (Lipinski definition) is 1. The maximum atomic E-state index is 12.0. The van der Waals surface area contributed by atoms with Gasteiger partial charge in [0.25, 0.3) is 5.91 Å². The lowest BCUT2D eigenvalue weighted by atomic mass is 9.94. The third-order valence-electron chi connectivity index (χ3n) is 4.39.